The van der Waals surface area contributed by atoms with Crippen LogP contribution < -0.4 is 20.7 Å². The van der Waals surface area contributed by atoms with Gasteiger partial charge in [0.1, 0.15) is 39.4 Å². The van der Waals surface area contributed by atoms with Crippen LogP contribution in [0, 0.1) is 0 Å². The number of benzene rings is 2. The minimum Gasteiger partial charge on any atom is -0.508 e. The average Bonchev–Trinajstić information content (AvgIpc) is 3.00. The Bertz CT molecular complexity index is 1710. The highest BCUT2D eigenvalue weighted by atomic mass is 35.5. The Kier molecular flexibility index (Phi) is 8.89. The summed E-state index contributed by atoms with van der Waals surface area (Å²) in [7, 11) is 2.98. The van der Waals surface area contributed by atoms with E-state index < -0.39 is 11.7 Å². The minimum atomic E-state index is -0.784. The maximum absolute atomic E-state index is 13.6. The van der Waals surface area contributed by atoms with E-state index in [4.69, 9.17) is 22.1 Å². The summed E-state index contributed by atoms with van der Waals surface area (Å²) in [6.07, 6.45) is 6.59. The second-order valence-electron chi connectivity index (χ2n) is 10.8. The van der Waals surface area contributed by atoms with Gasteiger partial charge < -0.3 is 35.8 Å². The number of nitrogens with zero attached hydrogens (tertiary/aromatic N) is 4. The summed E-state index contributed by atoms with van der Waals surface area (Å²) in [6.45, 7) is 3.68. The Morgan fingerprint density at radius 3 is 2.59 bits per heavy atom. The fourth-order valence-corrected chi connectivity index (χ4v) is 5.98. The van der Waals surface area contributed by atoms with E-state index in [9.17, 15) is 19.8 Å². The molecule has 0 aliphatic carbocycles. The summed E-state index contributed by atoms with van der Waals surface area (Å²) in [4.78, 5) is 38.7. The van der Waals surface area contributed by atoms with Gasteiger partial charge in [-0.2, -0.15) is 0 Å². The number of phenols is 1. The fraction of sp³-hybridized carbons (Fsp3) is 0.258. The van der Waals surface area contributed by atoms with Crippen molar-refractivity contribution in [1.29, 1.82) is 0 Å². The number of aromatic hydroxyl groups is 1. The van der Waals surface area contributed by atoms with Crippen LogP contribution in [-0.2, 0) is 9.59 Å². The molecule has 228 valence electrons. The lowest BCUT2D eigenvalue weighted by Crippen LogP contribution is -2.48. The monoisotopic (exact) mass is 634 g/mol. The molecule has 0 atom stereocenters. The van der Waals surface area contributed by atoms with Crippen molar-refractivity contribution in [2.45, 2.75) is 35.2 Å². The van der Waals surface area contributed by atoms with Crippen LogP contribution in [0.15, 0.2) is 81.9 Å². The van der Waals surface area contributed by atoms with E-state index in [1.807, 2.05) is 0 Å². The number of methoxy groups -OCH3 is 1. The van der Waals surface area contributed by atoms with Gasteiger partial charge in [-0.1, -0.05) is 29.4 Å². The van der Waals surface area contributed by atoms with Crippen molar-refractivity contribution >= 4 is 52.3 Å². The van der Waals surface area contributed by atoms with E-state index >= 15 is 0 Å². The molecule has 5 N–H and O–H groups in total. The van der Waals surface area contributed by atoms with Gasteiger partial charge in [0.25, 0.3) is 5.91 Å². The SMILES string of the molecule is COc1cc(O)cc(C2=CN(C)C(=C=O)C(C(=O)Nc3cccc(Sc4cnc(N5CCC(C)(N)CC5)cn4)c3Cl)=C2O)c1. The van der Waals surface area contributed by atoms with Gasteiger partial charge in [0, 0.05) is 48.4 Å². The van der Waals surface area contributed by atoms with Crippen molar-refractivity contribution in [3.63, 3.8) is 0 Å². The predicted octanol–water partition coefficient (Wildman–Crippen LogP) is 4.77. The van der Waals surface area contributed by atoms with E-state index in [0.29, 0.717) is 21.2 Å². The molecule has 0 saturated carbocycles. The molecule has 0 bridgehead atoms. The highest BCUT2D eigenvalue weighted by Gasteiger charge is 2.31. The number of amides is 1. The number of rotatable bonds is 7. The van der Waals surface area contributed by atoms with Gasteiger partial charge in [-0.25, -0.2) is 14.8 Å². The largest absolute Gasteiger partial charge is 0.508 e. The first kappa shape index (κ1) is 31.0. The maximum atomic E-state index is 13.6. The highest BCUT2D eigenvalue weighted by Crippen LogP contribution is 2.39. The molecule has 1 saturated heterocycles. The quantitative estimate of drug-likeness (QED) is 0.266. The molecule has 2 aliphatic rings. The van der Waals surface area contributed by atoms with Gasteiger partial charge in [-0.15, -0.1) is 0 Å². The number of anilines is 2. The third-order valence-corrected chi connectivity index (χ3v) is 8.94. The van der Waals surface area contributed by atoms with Crippen LogP contribution >= 0.6 is 23.4 Å². The number of nitrogens with one attached hydrogen (secondary N) is 1. The molecule has 13 heteroatoms. The molecule has 2 aliphatic heterocycles. The summed E-state index contributed by atoms with van der Waals surface area (Å²) >= 11 is 7.98. The van der Waals surface area contributed by atoms with E-state index in [1.54, 1.807) is 42.6 Å². The standard InChI is InChI=1S/C31H31ClN6O5S/c1-31(33)7-9-38(10-8-31)25-14-35-26(15-34-25)44-24-6-4-5-22(28(24)32)36-30(42)27-23(17-39)37(2)16-21(29(27)41)18-11-19(40)13-20(12-18)43-3/h4-6,11-16,40-41H,7-10,33H2,1-3H3,(H,36,42). The lowest BCUT2D eigenvalue weighted by atomic mass is 9.91. The molecule has 0 spiro atoms. The van der Waals surface area contributed by atoms with E-state index in [0.717, 1.165) is 31.7 Å². The van der Waals surface area contributed by atoms with Crippen molar-refractivity contribution in [2.24, 2.45) is 5.73 Å². The Morgan fingerprint density at radius 1 is 1.18 bits per heavy atom. The summed E-state index contributed by atoms with van der Waals surface area (Å²) in [5, 5.41) is 24.9. The highest BCUT2D eigenvalue weighted by molar-refractivity contribution is 7.99. The van der Waals surface area contributed by atoms with Crippen molar-refractivity contribution in [2.75, 3.05) is 37.5 Å². The average molecular weight is 635 g/mol. The van der Waals surface area contributed by atoms with Crippen LogP contribution in [0.1, 0.15) is 25.3 Å². The number of aliphatic hydroxyl groups is 1. The minimum absolute atomic E-state index is 0.107. The summed E-state index contributed by atoms with van der Waals surface area (Å²) in [5.74, 6) is 1.48. The van der Waals surface area contributed by atoms with E-state index in [-0.39, 0.29) is 38.8 Å². The zero-order valence-corrected chi connectivity index (χ0v) is 25.9. The van der Waals surface area contributed by atoms with Crippen LogP contribution in [0.3, 0.4) is 0 Å². The Hall–Kier alpha value is -4.48. The first-order valence-electron chi connectivity index (χ1n) is 13.7. The number of halogens is 1. The molecule has 44 heavy (non-hydrogen) atoms. The van der Waals surface area contributed by atoms with Gasteiger partial charge in [0.2, 0.25) is 0 Å². The van der Waals surface area contributed by atoms with Crippen molar-refractivity contribution in [3.05, 3.63) is 82.6 Å². The van der Waals surface area contributed by atoms with E-state index in [1.165, 1.54) is 49.2 Å². The second-order valence-corrected chi connectivity index (χ2v) is 12.2. The molecule has 1 fully saturated rings. The fourth-order valence-electron chi connectivity index (χ4n) is 4.90. The van der Waals surface area contributed by atoms with Gasteiger partial charge >= 0.3 is 0 Å². The van der Waals surface area contributed by atoms with Gasteiger partial charge in [-0.3, -0.25) is 4.79 Å². The van der Waals surface area contributed by atoms with Crippen molar-refractivity contribution in [1.82, 2.24) is 14.9 Å². The number of likely N-dealkylation sites (N-methyl/N-ethyl adjacent to an activating group) is 1. The first-order chi connectivity index (χ1) is 21.0. The number of hydrogen-bond donors (Lipinski definition) is 4. The molecule has 3 aromatic rings. The molecular weight excluding hydrogens is 604 g/mol. The molecule has 5 rings (SSSR count). The predicted molar refractivity (Wildman–Crippen MR) is 170 cm³/mol. The van der Waals surface area contributed by atoms with Crippen LogP contribution in [0.2, 0.25) is 5.02 Å². The third kappa shape index (κ3) is 6.53. The maximum Gasteiger partial charge on any atom is 0.262 e. The number of piperidine rings is 1. The molecule has 1 amide bonds. The van der Waals surface area contributed by atoms with Crippen LogP contribution in [-0.4, -0.2) is 69.7 Å². The molecule has 0 radical (unpaired) electrons. The number of hydrogen-bond acceptors (Lipinski definition) is 11. The number of allylic oxidation sites excluding steroid dienone is 1. The number of phenolic OH excluding ortho intramolecular Hbond substituents is 1. The van der Waals surface area contributed by atoms with Crippen LogP contribution in [0.25, 0.3) is 5.57 Å². The van der Waals surface area contributed by atoms with Crippen molar-refractivity contribution in [3.8, 4) is 11.5 Å². The van der Waals surface area contributed by atoms with Gasteiger partial charge in [0.05, 0.1) is 30.2 Å². The first-order valence-corrected chi connectivity index (χ1v) is 14.8. The van der Waals surface area contributed by atoms with Crippen molar-refractivity contribution < 1.29 is 24.5 Å². The Labute approximate surface area is 263 Å². The summed E-state index contributed by atoms with van der Waals surface area (Å²) in [5.41, 5.74) is 6.39. The van der Waals surface area contributed by atoms with Crippen LogP contribution in [0.4, 0.5) is 11.5 Å². The molecule has 3 heterocycles. The lowest BCUT2D eigenvalue weighted by Gasteiger charge is -2.37. The summed E-state index contributed by atoms with van der Waals surface area (Å²) in [6, 6.07) is 9.48. The molecule has 2 aromatic carbocycles. The van der Waals surface area contributed by atoms with E-state index in [2.05, 4.69) is 27.1 Å². The molecule has 11 nitrogen and oxygen atoms in total. The molecular formula is C31H31ClN6O5S. The van der Waals surface area contributed by atoms with Crippen LogP contribution in [0.5, 0.6) is 11.5 Å². The number of nitrogens with two attached hydrogens (primary N) is 1. The lowest BCUT2D eigenvalue weighted by molar-refractivity contribution is -0.112. The third-order valence-electron chi connectivity index (χ3n) is 7.44. The number of ether oxygens (including phenoxy) is 1. The Morgan fingerprint density at radius 2 is 1.93 bits per heavy atom. The molecule has 0 unspecified atom stereocenters. The zero-order valence-electron chi connectivity index (χ0n) is 24.3. The number of carbonyl (C=O) groups excluding carboxylic acids is 2. The number of aromatic nitrogens is 2. The molecule has 1 aromatic heterocycles. The smallest absolute Gasteiger partial charge is 0.262 e. The second kappa shape index (κ2) is 12.6. The normalized spacial score (nSPS) is 16.4. The Balaban J connectivity index is 1.37. The zero-order chi connectivity index (χ0) is 31.6. The number of carbonyl (C=O) groups is 1. The van der Waals surface area contributed by atoms with Gasteiger partial charge in [0.15, 0.2) is 5.94 Å². The summed E-state index contributed by atoms with van der Waals surface area (Å²) < 4.78 is 5.21. The topological polar surface area (TPSA) is 154 Å². The number of aliphatic hydroxyl groups excluding tert-OH is 1. The van der Waals surface area contributed by atoms with Gasteiger partial charge in [-0.05, 0) is 49.6 Å².